The molecule has 0 amide bonds. The maximum Gasteiger partial charge on any atom is 0.338 e. The number of nitrogens with zero attached hydrogens (tertiary/aromatic N) is 3. The van der Waals surface area contributed by atoms with Crippen LogP contribution in [0, 0.1) is 5.82 Å². The first-order chi connectivity index (χ1) is 20.4. The van der Waals surface area contributed by atoms with E-state index in [2.05, 4.69) is 27.2 Å². The second-order valence-electron chi connectivity index (χ2n) is 11.5. The zero-order valence-corrected chi connectivity index (χ0v) is 26.2. The van der Waals surface area contributed by atoms with E-state index in [0.717, 1.165) is 23.7 Å². The van der Waals surface area contributed by atoms with E-state index >= 15 is 0 Å². The number of carbonyl (C=O) groups is 1. The highest BCUT2D eigenvalue weighted by Crippen LogP contribution is 2.37. The summed E-state index contributed by atoms with van der Waals surface area (Å²) in [6.45, 7) is 0. The van der Waals surface area contributed by atoms with Crippen LogP contribution in [0.3, 0.4) is 0 Å². The largest absolute Gasteiger partial charge is 0.466 e. The standard InChI is InChI=1S/C32H41ClFN5O2S/c1-39(23-13-7-4-8-14-23)32(36-22-11-5-3-6-12-22)42-20-27-28(31(40)41-2)29(24-17-16-21(34)19-25(24)33)38-30(37-27)26-15-9-10-18-35-26/h10,16-19,22-23,29H,3-9,11-15,20H2,1-2H3,(H,37,38,40)/p+1. The third kappa shape index (κ3) is 7.46. The van der Waals surface area contributed by atoms with E-state index in [4.69, 9.17) is 21.3 Å². The summed E-state index contributed by atoms with van der Waals surface area (Å²) in [5.74, 6) is 0.171. The van der Waals surface area contributed by atoms with Crippen molar-refractivity contribution in [2.45, 2.75) is 95.2 Å². The van der Waals surface area contributed by atoms with Crippen LogP contribution in [0.2, 0.25) is 5.02 Å². The first-order valence-electron chi connectivity index (χ1n) is 15.3. The number of halogens is 2. The molecule has 10 heteroatoms. The number of ether oxygens (including phenoxy) is 1. The summed E-state index contributed by atoms with van der Waals surface area (Å²) in [7, 11) is 3.58. The molecule has 7 nitrogen and oxygen atoms in total. The Morgan fingerprint density at radius 1 is 1.17 bits per heavy atom. The van der Waals surface area contributed by atoms with Crippen LogP contribution in [-0.4, -0.2) is 59.3 Å². The first-order valence-corrected chi connectivity index (χ1v) is 16.6. The van der Waals surface area contributed by atoms with Gasteiger partial charge in [0.25, 0.3) is 0 Å². The van der Waals surface area contributed by atoms with Gasteiger partial charge in [-0.15, -0.1) is 0 Å². The second-order valence-corrected chi connectivity index (χ2v) is 12.9. The van der Waals surface area contributed by atoms with E-state index in [1.807, 2.05) is 6.08 Å². The molecule has 2 heterocycles. The molecule has 226 valence electrons. The number of benzene rings is 1. The Bertz CT molecular complexity index is 1310. The predicted octanol–water partition coefficient (Wildman–Crippen LogP) is 6.68. The van der Waals surface area contributed by atoms with Gasteiger partial charge in [0.2, 0.25) is 0 Å². The first kappa shape index (κ1) is 30.8. The van der Waals surface area contributed by atoms with E-state index in [-0.39, 0.29) is 5.02 Å². The van der Waals surface area contributed by atoms with E-state index in [1.165, 1.54) is 83.5 Å². The number of amidine groups is 2. The van der Waals surface area contributed by atoms with Crippen LogP contribution in [0.5, 0.6) is 0 Å². The maximum absolute atomic E-state index is 14.0. The monoisotopic (exact) mass is 614 g/mol. The van der Waals surface area contributed by atoms with Gasteiger partial charge in [-0.1, -0.05) is 36.6 Å². The Hall–Kier alpha value is -2.65. The maximum atomic E-state index is 14.0. The average molecular weight is 615 g/mol. The molecule has 0 bridgehead atoms. The summed E-state index contributed by atoms with van der Waals surface area (Å²) in [5.41, 5.74) is 2.46. The number of nitrogens with one attached hydrogen (secondary N) is 2. The van der Waals surface area contributed by atoms with Crippen molar-refractivity contribution in [3.05, 3.63) is 58.1 Å². The van der Waals surface area contributed by atoms with Gasteiger partial charge >= 0.3 is 11.1 Å². The molecule has 0 aromatic heterocycles. The lowest BCUT2D eigenvalue weighted by atomic mass is 9.95. The van der Waals surface area contributed by atoms with Crippen molar-refractivity contribution in [2.75, 3.05) is 19.9 Å². The molecule has 2 fully saturated rings. The number of rotatable bonds is 7. The Balaban J connectivity index is 1.52. The minimum atomic E-state index is -0.753. The van der Waals surface area contributed by atoms with E-state index in [1.54, 1.807) is 24.0 Å². The molecular weight excluding hydrogens is 573 g/mol. The molecule has 2 saturated carbocycles. The lowest BCUT2D eigenvalue weighted by Gasteiger charge is -2.29. The van der Waals surface area contributed by atoms with Gasteiger partial charge in [0.15, 0.2) is 0 Å². The number of aliphatic imine (C=N–C) groups is 2. The molecule has 1 aromatic carbocycles. The van der Waals surface area contributed by atoms with Crippen LogP contribution in [0.1, 0.15) is 88.7 Å². The normalized spacial score (nSPS) is 22.6. The molecule has 0 radical (unpaired) electrons. The summed E-state index contributed by atoms with van der Waals surface area (Å²) < 4.78 is 21.7. The number of hydrogen-bond acceptors (Lipinski definition) is 6. The fourth-order valence-corrected chi connectivity index (χ4v) is 7.66. The van der Waals surface area contributed by atoms with Gasteiger partial charge in [-0.3, -0.25) is 19.9 Å². The minimum Gasteiger partial charge on any atom is -0.466 e. The van der Waals surface area contributed by atoms with Crippen molar-refractivity contribution in [3.8, 4) is 0 Å². The van der Waals surface area contributed by atoms with Crippen LogP contribution < -0.4 is 10.6 Å². The highest BCUT2D eigenvalue weighted by Gasteiger charge is 2.35. The summed E-state index contributed by atoms with van der Waals surface area (Å²) in [4.78, 5) is 22.9. The molecular formula is C32H42ClFN5O2S+. The molecule has 0 spiro atoms. The lowest BCUT2D eigenvalue weighted by molar-refractivity contribution is -0.541. The quantitative estimate of drug-likeness (QED) is 0.155. The van der Waals surface area contributed by atoms with Crippen LogP contribution >= 0.6 is 23.4 Å². The minimum absolute atomic E-state index is 0.215. The van der Waals surface area contributed by atoms with Crippen LogP contribution in [0.25, 0.3) is 0 Å². The van der Waals surface area contributed by atoms with Crippen molar-refractivity contribution < 1.29 is 18.5 Å². The molecule has 1 atom stereocenters. The smallest absolute Gasteiger partial charge is 0.338 e. The van der Waals surface area contributed by atoms with Crippen molar-refractivity contribution in [2.24, 2.45) is 9.98 Å². The molecule has 2 aliphatic carbocycles. The Kier molecular flexibility index (Phi) is 10.8. The van der Waals surface area contributed by atoms with Gasteiger partial charge in [0.05, 0.1) is 37.5 Å². The van der Waals surface area contributed by atoms with Crippen LogP contribution in [-0.2, 0) is 9.53 Å². The fourth-order valence-electron chi connectivity index (χ4n) is 6.28. The number of thioether (sulfide) groups is 1. The van der Waals surface area contributed by atoms with Crippen molar-refractivity contribution in [1.82, 2.24) is 10.6 Å². The summed E-state index contributed by atoms with van der Waals surface area (Å²) in [6, 6.07) is 4.41. The van der Waals surface area contributed by atoms with E-state index in [0.29, 0.717) is 40.5 Å². The number of hydrogen-bond donors (Lipinski definition) is 2. The summed E-state index contributed by atoms with van der Waals surface area (Å²) in [6.07, 6.45) is 17.7. The molecule has 42 heavy (non-hydrogen) atoms. The zero-order valence-electron chi connectivity index (χ0n) is 24.6. The molecule has 1 aromatic rings. The third-order valence-corrected chi connectivity index (χ3v) is 10.1. The Labute approximate surface area is 257 Å². The molecule has 2 N–H and O–H groups in total. The predicted molar refractivity (Wildman–Crippen MR) is 170 cm³/mol. The average Bonchev–Trinajstić information content (AvgIpc) is 3.03. The summed E-state index contributed by atoms with van der Waals surface area (Å²) >= 11 is 8.26. The topological polar surface area (TPSA) is 78.1 Å². The Morgan fingerprint density at radius 3 is 2.57 bits per heavy atom. The number of carbonyl (C=O) groups excluding carboxylic acids is 1. The Morgan fingerprint density at radius 2 is 1.90 bits per heavy atom. The van der Waals surface area contributed by atoms with Crippen molar-refractivity contribution in [1.29, 1.82) is 0 Å². The van der Waals surface area contributed by atoms with Gasteiger partial charge in [0.1, 0.15) is 17.7 Å². The number of allylic oxidation sites excluding steroid dienone is 1. The van der Waals surface area contributed by atoms with E-state index in [9.17, 15) is 9.18 Å². The number of methoxy groups -OCH3 is 1. The van der Waals surface area contributed by atoms with Crippen LogP contribution in [0.4, 0.5) is 4.39 Å². The third-order valence-electron chi connectivity index (χ3n) is 8.67. The van der Waals surface area contributed by atoms with Crippen molar-refractivity contribution in [3.63, 3.8) is 0 Å². The van der Waals surface area contributed by atoms with Gasteiger partial charge in [-0.2, -0.15) is 0 Å². The molecule has 5 rings (SSSR count). The molecule has 0 saturated heterocycles. The SMILES string of the molecule is COC(=O)C1=C(CSC(NC2CCCCC2)=[N+](C)C2CCCCC2)NC(C2=NC=CCC2)=NC1c1ccc(F)cc1Cl. The van der Waals surface area contributed by atoms with Crippen molar-refractivity contribution >= 4 is 46.0 Å². The second kappa shape index (κ2) is 14.7. The number of esters is 1. The lowest BCUT2D eigenvalue weighted by Crippen LogP contribution is -2.43. The van der Waals surface area contributed by atoms with E-state index < -0.39 is 17.8 Å². The highest BCUT2D eigenvalue weighted by atomic mass is 35.5. The van der Waals surface area contributed by atoms with Crippen LogP contribution in [0.15, 0.2) is 51.7 Å². The van der Waals surface area contributed by atoms with Gasteiger partial charge in [-0.25, -0.2) is 9.18 Å². The molecule has 1 unspecified atom stereocenters. The van der Waals surface area contributed by atoms with Gasteiger partial charge in [0, 0.05) is 28.2 Å². The molecule has 4 aliphatic rings. The zero-order chi connectivity index (χ0) is 29.5. The highest BCUT2D eigenvalue weighted by molar-refractivity contribution is 8.13. The van der Waals surface area contributed by atoms with Gasteiger partial charge < -0.3 is 10.1 Å². The summed E-state index contributed by atoms with van der Waals surface area (Å²) in [5, 5.41) is 8.72. The molecule has 2 aliphatic heterocycles. The fraction of sp³-hybridized carbons (Fsp3) is 0.562. The van der Waals surface area contributed by atoms with Gasteiger partial charge in [-0.05, 0) is 88.1 Å².